The quantitative estimate of drug-likeness (QED) is 0.577. The lowest BCUT2D eigenvalue weighted by molar-refractivity contribution is -0.120. The van der Waals surface area contributed by atoms with Crippen molar-refractivity contribution in [3.05, 3.63) is 70.8 Å². The van der Waals surface area contributed by atoms with E-state index < -0.39 is 15.8 Å². The van der Waals surface area contributed by atoms with Gasteiger partial charge in [-0.2, -0.15) is 9.40 Å². The van der Waals surface area contributed by atoms with Gasteiger partial charge in [0.2, 0.25) is 15.9 Å². The Morgan fingerprint density at radius 2 is 1.82 bits per heavy atom. The monoisotopic (exact) mass is 490 g/mol. The number of rotatable bonds is 5. The molecule has 7 nitrogen and oxygen atoms in total. The molecule has 33 heavy (non-hydrogen) atoms. The first-order valence-electron chi connectivity index (χ1n) is 10.6. The highest BCUT2D eigenvalue weighted by Gasteiger charge is 2.32. The highest BCUT2D eigenvalue weighted by molar-refractivity contribution is 7.89. The van der Waals surface area contributed by atoms with Crippen molar-refractivity contribution in [3.8, 4) is 5.69 Å². The number of anilines is 1. The number of hydrogen-bond donors (Lipinski definition) is 1. The molecule has 0 radical (unpaired) electrons. The summed E-state index contributed by atoms with van der Waals surface area (Å²) in [6, 6.07) is 12.7. The molecule has 0 atom stereocenters. The van der Waals surface area contributed by atoms with Crippen LogP contribution in [0.1, 0.15) is 24.2 Å². The molecule has 1 saturated heterocycles. The Morgan fingerprint density at radius 1 is 1.12 bits per heavy atom. The first-order valence-corrected chi connectivity index (χ1v) is 12.4. The summed E-state index contributed by atoms with van der Waals surface area (Å²) in [6.45, 7) is 4.23. The van der Waals surface area contributed by atoms with Crippen LogP contribution in [0.4, 0.5) is 10.1 Å². The van der Waals surface area contributed by atoms with E-state index in [0.29, 0.717) is 18.5 Å². The summed E-state index contributed by atoms with van der Waals surface area (Å²) in [5.41, 5.74) is 3.24. The number of benzene rings is 2. The van der Waals surface area contributed by atoms with Gasteiger partial charge in [-0.05, 0) is 63.1 Å². The first kappa shape index (κ1) is 23.4. The zero-order chi connectivity index (χ0) is 23.8. The number of para-hydroxylation sites is 2. The second kappa shape index (κ2) is 9.24. The van der Waals surface area contributed by atoms with Crippen molar-refractivity contribution >= 4 is 33.2 Å². The number of piperidine rings is 1. The lowest BCUT2D eigenvalue weighted by atomic mass is 9.97. The summed E-state index contributed by atoms with van der Waals surface area (Å²) in [4.78, 5) is 12.9. The molecule has 0 saturated carbocycles. The average Bonchev–Trinajstić information content (AvgIpc) is 3.13. The Labute approximate surface area is 197 Å². The van der Waals surface area contributed by atoms with Gasteiger partial charge in [-0.15, -0.1) is 0 Å². The van der Waals surface area contributed by atoms with E-state index in [4.69, 9.17) is 11.6 Å². The minimum absolute atomic E-state index is 0.0596. The van der Waals surface area contributed by atoms with Gasteiger partial charge in [-0.1, -0.05) is 23.7 Å². The molecule has 4 rings (SSSR count). The Morgan fingerprint density at radius 3 is 2.45 bits per heavy atom. The molecule has 0 bridgehead atoms. The summed E-state index contributed by atoms with van der Waals surface area (Å²) in [7, 11) is -3.82. The summed E-state index contributed by atoms with van der Waals surface area (Å²) in [5.74, 6) is -1.17. The predicted molar refractivity (Wildman–Crippen MR) is 125 cm³/mol. The molecule has 1 amide bonds. The fourth-order valence-corrected chi connectivity index (χ4v) is 5.76. The summed E-state index contributed by atoms with van der Waals surface area (Å²) >= 11 is 5.75. The zero-order valence-electron chi connectivity index (χ0n) is 18.3. The molecular weight excluding hydrogens is 467 g/mol. The maximum Gasteiger partial charge on any atom is 0.243 e. The van der Waals surface area contributed by atoms with Crippen LogP contribution in [0.3, 0.4) is 0 Å². The molecule has 10 heteroatoms. The molecule has 1 aliphatic rings. The van der Waals surface area contributed by atoms with Gasteiger partial charge in [0.1, 0.15) is 5.82 Å². The highest BCUT2D eigenvalue weighted by atomic mass is 35.5. The maximum atomic E-state index is 13.4. The van der Waals surface area contributed by atoms with E-state index in [1.54, 1.807) is 4.68 Å². The van der Waals surface area contributed by atoms with Gasteiger partial charge in [0.15, 0.2) is 0 Å². The van der Waals surface area contributed by atoms with Gasteiger partial charge in [-0.3, -0.25) is 4.79 Å². The minimum atomic E-state index is -3.82. The Hall–Kier alpha value is -2.75. The second-order valence-electron chi connectivity index (χ2n) is 8.10. The van der Waals surface area contributed by atoms with Crippen LogP contribution in [0.15, 0.2) is 53.4 Å². The number of hydrogen-bond acceptors (Lipinski definition) is 4. The standard InChI is InChI=1S/C23H24ClFN4O3S/c1-15-13-16(2)29(27-15)22-6-4-3-5-21(22)26-23(30)17-9-11-28(12-10-17)33(31,32)18-7-8-20(25)19(24)14-18/h3-8,13-14,17H,9-12H2,1-2H3,(H,26,30). The molecule has 0 unspecified atom stereocenters. The van der Waals surface area contributed by atoms with E-state index >= 15 is 0 Å². The number of sulfonamides is 1. The minimum Gasteiger partial charge on any atom is -0.324 e. The molecule has 174 valence electrons. The molecule has 0 aliphatic carbocycles. The van der Waals surface area contributed by atoms with E-state index in [-0.39, 0.29) is 34.8 Å². The molecule has 2 heterocycles. The van der Waals surface area contributed by atoms with Crippen molar-refractivity contribution in [2.45, 2.75) is 31.6 Å². The van der Waals surface area contributed by atoms with Crippen molar-refractivity contribution in [2.75, 3.05) is 18.4 Å². The molecule has 0 spiro atoms. The molecule has 1 aliphatic heterocycles. The van der Waals surface area contributed by atoms with E-state index in [1.807, 2.05) is 44.2 Å². The molecule has 1 N–H and O–H groups in total. The van der Waals surface area contributed by atoms with Gasteiger partial charge in [0.05, 0.1) is 27.0 Å². The first-order chi connectivity index (χ1) is 15.7. The van der Waals surface area contributed by atoms with Crippen LogP contribution in [0, 0.1) is 25.6 Å². The highest BCUT2D eigenvalue weighted by Crippen LogP contribution is 2.28. The Kier molecular flexibility index (Phi) is 6.56. The van der Waals surface area contributed by atoms with Crippen LogP contribution in [0.2, 0.25) is 5.02 Å². The summed E-state index contributed by atoms with van der Waals surface area (Å²) in [6.07, 6.45) is 0.754. The van der Waals surface area contributed by atoms with Crippen molar-refractivity contribution in [1.82, 2.24) is 14.1 Å². The third kappa shape index (κ3) is 4.80. The number of halogens is 2. The molecule has 1 aromatic heterocycles. The number of aromatic nitrogens is 2. The molecular formula is C23H24ClFN4O3S. The van der Waals surface area contributed by atoms with Gasteiger partial charge < -0.3 is 5.32 Å². The zero-order valence-corrected chi connectivity index (χ0v) is 19.8. The van der Waals surface area contributed by atoms with E-state index in [1.165, 1.54) is 10.4 Å². The number of nitrogens with zero attached hydrogens (tertiary/aromatic N) is 3. The van der Waals surface area contributed by atoms with Crippen LogP contribution in [0.25, 0.3) is 5.69 Å². The van der Waals surface area contributed by atoms with Crippen molar-refractivity contribution in [1.29, 1.82) is 0 Å². The van der Waals surface area contributed by atoms with Crippen LogP contribution >= 0.6 is 11.6 Å². The Bertz CT molecular complexity index is 1300. The van der Waals surface area contributed by atoms with E-state index in [9.17, 15) is 17.6 Å². The van der Waals surface area contributed by atoms with Crippen molar-refractivity contribution in [3.63, 3.8) is 0 Å². The largest absolute Gasteiger partial charge is 0.324 e. The predicted octanol–water partition coefficient (Wildman–Crippen LogP) is 4.32. The number of aryl methyl sites for hydroxylation is 2. The van der Waals surface area contributed by atoms with Gasteiger partial charge in [0, 0.05) is 24.7 Å². The SMILES string of the molecule is Cc1cc(C)n(-c2ccccc2NC(=O)C2CCN(S(=O)(=O)c3ccc(F)c(Cl)c3)CC2)n1. The van der Waals surface area contributed by atoms with Crippen LogP contribution in [-0.2, 0) is 14.8 Å². The number of carbonyl (C=O) groups excluding carboxylic acids is 1. The molecule has 3 aromatic rings. The normalized spacial score (nSPS) is 15.5. The third-order valence-corrected chi connectivity index (χ3v) is 7.94. The number of nitrogens with one attached hydrogen (secondary N) is 1. The lowest BCUT2D eigenvalue weighted by Gasteiger charge is -2.30. The van der Waals surface area contributed by atoms with Crippen molar-refractivity contribution in [2.24, 2.45) is 5.92 Å². The van der Waals surface area contributed by atoms with E-state index in [2.05, 4.69) is 10.4 Å². The number of carbonyl (C=O) groups is 1. The molecule has 1 fully saturated rings. The summed E-state index contributed by atoms with van der Waals surface area (Å²) < 4.78 is 42.3. The molecule has 2 aromatic carbocycles. The van der Waals surface area contributed by atoms with Crippen molar-refractivity contribution < 1.29 is 17.6 Å². The van der Waals surface area contributed by atoms with Gasteiger partial charge >= 0.3 is 0 Å². The van der Waals surface area contributed by atoms with Crippen LogP contribution in [0.5, 0.6) is 0 Å². The number of amides is 1. The van der Waals surface area contributed by atoms with Crippen LogP contribution < -0.4 is 5.32 Å². The fourth-order valence-electron chi connectivity index (χ4n) is 4.02. The third-order valence-electron chi connectivity index (χ3n) is 5.75. The fraction of sp³-hybridized carbons (Fsp3) is 0.304. The Balaban J connectivity index is 1.45. The second-order valence-corrected chi connectivity index (χ2v) is 10.4. The smallest absolute Gasteiger partial charge is 0.243 e. The maximum absolute atomic E-state index is 13.4. The van der Waals surface area contributed by atoms with Crippen LogP contribution in [-0.4, -0.2) is 41.5 Å². The van der Waals surface area contributed by atoms with Gasteiger partial charge in [0.25, 0.3) is 0 Å². The van der Waals surface area contributed by atoms with E-state index in [0.717, 1.165) is 29.2 Å². The average molecular weight is 491 g/mol. The summed E-state index contributed by atoms with van der Waals surface area (Å²) in [5, 5.41) is 7.24. The topological polar surface area (TPSA) is 84.3 Å². The lowest BCUT2D eigenvalue weighted by Crippen LogP contribution is -2.41. The van der Waals surface area contributed by atoms with Gasteiger partial charge in [-0.25, -0.2) is 17.5 Å².